The number of anilines is 1. The van der Waals surface area contributed by atoms with Crippen molar-refractivity contribution in [1.29, 1.82) is 0 Å². The molecule has 6 heteroatoms. The Labute approximate surface area is 188 Å². The van der Waals surface area contributed by atoms with Crippen molar-refractivity contribution >= 4 is 17.7 Å². The largest absolute Gasteiger partial charge is 0.445 e. The van der Waals surface area contributed by atoms with Gasteiger partial charge in [0.2, 0.25) is 0 Å². The van der Waals surface area contributed by atoms with Crippen LogP contribution in [0.3, 0.4) is 0 Å². The number of fused-ring (bicyclic) bond motifs is 3. The Hall–Kier alpha value is -3.28. The van der Waals surface area contributed by atoms with E-state index < -0.39 is 0 Å². The third-order valence-corrected chi connectivity index (χ3v) is 6.68. The first-order valence-electron chi connectivity index (χ1n) is 11.5. The molecule has 2 fully saturated rings. The lowest BCUT2D eigenvalue weighted by atomic mass is 9.74. The van der Waals surface area contributed by atoms with Crippen molar-refractivity contribution in [2.24, 2.45) is 5.92 Å². The molecule has 2 heterocycles. The summed E-state index contributed by atoms with van der Waals surface area (Å²) in [4.78, 5) is 27.6. The summed E-state index contributed by atoms with van der Waals surface area (Å²) >= 11 is 0. The van der Waals surface area contributed by atoms with Crippen molar-refractivity contribution < 1.29 is 14.3 Å². The summed E-state index contributed by atoms with van der Waals surface area (Å²) in [5.74, 6) is 0.130. The molecule has 2 aliphatic heterocycles. The maximum Gasteiger partial charge on any atom is 0.410 e. The lowest BCUT2D eigenvalue weighted by Crippen LogP contribution is -2.48. The Kier molecular flexibility index (Phi) is 5.60. The summed E-state index contributed by atoms with van der Waals surface area (Å²) in [7, 11) is 0. The van der Waals surface area contributed by atoms with Gasteiger partial charge in [0, 0.05) is 29.8 Å². The summed E-state index contributed by atoms with van der Waals surface area (Å²) in [6.07, 6.45) is 5.25. The van der Waals surface area contributed by atoms with Gasteiger partial charge in [-0.15, -0.1) is 0 Å². The molecule has 2 N–H and O–H groups in total. The van der Waals surface area contributed by atoms with Gasteiger partial charge in [-0.25, -0.2) is 4.79 Å². The van der Waals surface area contributed by atoms with Gasteiger partial charge in [0.25, 0.3) is 5.91 Å². The number of carbonyl (C=O) groups is 2. The summed E-state index contributed by atoms with van der Waals surface area (Å²) in [5.41, 5.74) is 3.79. The number of piperidine rings is 1. The molecule has 2 aromatic rings. The van der Waals surface area contributed by atoms with Gasteiger partial charge in [-0.1, -0.05) is 43.0 Å². The van der Waals surface area contributed by atoms with Crippen LogP contribution in [0, 0.1) is 5.92 Å². The van der Waals surface area contributed by atoms with E-state index in [-0.39, 0.29) is 36.6 Å². The topological polar surface area (TPSA) is 70.7 Å². The van der Waals surface area contributed by atoms with Crippen molar-refractivity contribution in [2.75, 3.05) is 18.5 Å². The zero-order chi connectivity index (χ0) is 22.1. The van der Waals surface area contributed by atoms with Crippen molar-refractivity contribution in [3.63, 3.8) is 0 Å². The molecule has 2 amide bonds. The summed E-state index contributed by atoms with van der Waals surface area (Å²) < 4.78 is 5.44. The molecule has 0 aromatic heterocycles. The number of ether oxygens (including phenoxy) is 1. The Morgan fingerprint density at radius 1 is 1.16 bits per heavy atom. The van der Waals surface area contributed by atoms with E-state index >= 15 is 0 Å². The maximum absolute atomic E-state index is 13.0. The Morgan fingerprint density at radius 2 is 1.97 bits per heavy atom. The molecule has 166 valence electrons. The van der Waals surface area contributed by atoms with Crippen LogP contribution < -0.4 is 10.6 Å². The van der Waals surface area contributed by atoms with Gasteiger partial charge < -0.3 is 20.3 Å². The molecule has 1 unspecified atom stereocenters. The first-order chi connectivity index (χ1) is 15.7. The van der Waals surface area contributed by atoms with E-state index in [1.807, 2.05) is 41.3 Å². The second kappa shape index (κ2) is 8.69. The standard InChI is InChI=1S/C26H29N3O3/c1-2-15-32-26(31)29-14-6-9-20-23(17-7-4-3-5-8-17)28-22-13-10-18(16-21(22)24(20)29)25(30)27-19-11-12-19/h2-5,7-8,10,13,16,19-20,23-24,28H,1,6,9,11-12,14-15H2,(H,27,30)/t20-,23?,24-/m0/s1. The van der Waals surface area contributed by atoms with Gasteiger partial charge in [0.05, 0.1) is 12.1 Å². The number of hydrogen-bond acceptors (Lipinski definition) is 4. The maximum atomic E-state index is 13.0. The van der Waals surface area contributed by atoms with Gasteiger partial charge in [0.1, 0.15) is 6.61 Å². The van der Waals surface area contributed by atoms with Gasteiger partial charge in [-0.2, -0.15) is 0 Å². The van der Waals surface area contributed by atoms with Crippen LogP contribution in [0.5, 0.6) is 0 Å². The van der Waals surface area contributed by atoms with Crippen molar-refractivity contribution in [1.82, 2.24) is 10.2 Å². The smallest absolute Gasteiger partial charge is 0.410 e. The second-order valence-electron chi connectivity index (χ2n) is 8.89. The zero-order valence-corrected chi connectivity index (χ0v) is 18.1. The monoisotopic (exact) mass is 431 g/mol. The second-order valence-corrected chi connectivity index (χ2v) is 8.89. The van der Waals surface area contributed by atoms with Crippen LogP contribution in [0.25, 0.3) is 0 Å². The summed E-state index contributed by atoms with van der Waals surface area (Å²) in [6, 6.07) is 16.4. The zero-order valence-electron chi connectivity index (χ0n) is 18.1. The lowest BCUT2D eigenvalue weighted by Gasteiger charge is -2.48. The number of nitrogens with zero attached hydrogens (tertiary/aromatic N) is 1. The predicted molar refractivity (Wildman–Crippen MR) is 123 cm³/mol. The number of nitrogens with one attached hydrogen (secondary N) is 2. The van der Waals surface area contributed by atoms with Crippen LogP contribution >= 0.6 is 0 Å². The van der Waals surface area contributed by atoms with Crippen molar-refractivity contribution in [2.45, 2.75) is 43.8 Å². The van der Waals surface area contributed by atoms with Crippen LogP contribution in [0.15, 0.2) is 61.2 Å². The molecule has 0 radical (unpaired) electrons. The predicted octanol–water partition coefficient (Wildman–Crippen LogP) is 4.82. The fraction of sp³-hybridized carbons (Fsp3) is 0.385. The van der Waals surface area contributed by atoms with Crippen LogP contribution in [0.2, 0.25) is 0 Å². The minimum Gasteiger partial charge on any atom is -0.445 e. The summed E-state index contributed by atoms with van der Waals surface area (Å²) in [6.45, 7) is 4.48. The lowest BCUT2D eigenvalue weighted by molar-refractivity contribution is 0.0505. The SMILES string of the molecule is C=CCOC(=O)N1CCC[C@H]2C(c3ccccc3)Nc3ccc(C(=O)NC4CC4)cc3[C@H]21. The third kappa shape index (κ3) is 3.97. The fourth-order valence-corrected chi connectivity index (χ4v) is 5.03. The number of carbonyl (C=O) groups excluding carboxylic acids is 2. The van der Waals surface area contributed by atoms with E-state index in [9.17, 15) is 9.59 Å². The van der Waals surface area contributed by atoms with Gasteiger partial charge >= 0.3 is 6.09 Å². The molecule has 3 atom stereocenters. The number of hydrogen-bond donors (Lipinski definition) is 2. The van der Waals surface area contributed by atoms with Gasteiger partial charge in [-0.05, 0) is 55.0 Å². The molecule has 6 nitrogen and oxygen atoms in total. The number of rotatable bonds is 5. The van der Waals surface area contributed by atoms with Crippen molar-refractivity contribution in [3.05, 3.63) is 77.9 Å². The fourth-order valence-electron chi connectivity index (χ4n) is 5.03. The average molecular weight is 432 g/mol. The number of likely N-dealkylation sites (tertiary alicyclic amines) is 1. The quantitative estimate of drug-likeness (QED) is 0.666. The van der Waals surface area contributed by atoms with E-state index in [0.29, 0.717) is 18.2 Å². The van der Waals surface area contributed by atoms with Crippen LogP contribution in [-0.4, -0.2) is 36.1 Å². The molecule has 1 aliphatic carbocycles. The molecular weight excluding hydrogens is 402 g/mol. The Morgan fingerprint density at radius 3 is 2.72 bits per heavy atom. The minimum absolute atomic E-state index is 0.0476. The van der Waals surface area contributed by atoms with Gasteiger partial charge in [-0.3, -0.25) is 4.79 Å². The van der Waals surface area contributed by atoms with E-state index in [1.54, 1.807) is 6.08 Å². The molecule has 1 saturated carbocycles. The van der Waals surface area contributed by atoms with E-state index in [0.717, 1.165) is 36.9 Å². The molecule has 0 bridgehead atoms. The average Bonchev–Trinajstić information content (AvgIpc) is 3.65. The first kappa shape index (κ1) is 20.6. The van der Waals surface area contributed by atoms with E-state index in [4.69, 9.17) is 4.74 Å². The highest BCUT2D eigenvalue weighted by Crippen LogP contribution is 2.50. The van der Waals surface area contributed by atoms with Crippen LogP contribution in [-0.2, 0) is 4.74 Å². The molecule has 5 rings (SSSR count). The van der Waals surface area contributed by atoms with Crippen molar-refractivity contribution in [3.8, 4) is 0 Å². The van der Waals surface area contributed by atoms with E-state index in [1.165, 1.54) is 5.56 Å². The molecule has 2 aromatic carbocycles. The third-order valence-electron chi connectivity index (χ3n) is 6.68. The molecule has 3 aliphatic rings. The first-order valence-corrected chi connectivity index (χ1v) is 11.5. The number of amides is 2. The van der Waals surface area contributed by atoms with Crippen LogP contribution in [0.1, 0.15) is 59.3 Å². The summed E-state index contributed by atoms with van der Waals surface area (Å²) in [5, 5.41) is 6.78. The van der Waals surface area contributed by atoms with Gasteiger partial charge in [0.15, 0.2) is 0 Å². The molecular formula is C26H29N3O3. The number of benzene rings is 2. The normalized spacial score (nSPS) is 23.9. The van der Waals surface area contributed by atoms with E-state index in [2.05, 4.69) is 29.3 Å². The molecule has 32 heavy (non-hydrogen) atoms. The highest BCUT2D eigenvalue weighted by atomic mass is 16.6. The van der Waals surface area contributed by atoms with Crippen LogP contribution in [0.4, 0.5) is 10.5 Å². The molecule has 1 saturated heterocycles. The highest BCUT2D eigenvalue weighted by Gasteiger charge is 2.45. The Bertz CT molecular complexity index is 1020. The highest BCUT2D eigenvalue weighted by molar-refractivity contribution is 5.95. The minimum atomic E-state index is -0.327. The molecule has 0 spiro atoms. The Balaban J connectivity index is 1.54.